The van der Waals surface area contributed by atoms with E-state index < -0.39 is 0 Å². The molecule has 330 valence electrons. The number of pyridine rings is 2. The zero-order valence-corrected chi connectivity index (χ0v) is 40.9. The van der Waals surface area contributed by atoms with Gasteiger partial charge in [0.1, 0.15) is 0 Å². The van der Waals surface area contributed by atoms with Crippen LogP contribution in [0.5, 0.6) is 11.5 Å². The van der Waals surface area contributed by atoms with E-state index in [4.69, 9.17) is 9.72 Å². The molecule has 0 spiro atoms. The summed E-state index contributed by atoms with van der Waals surface area (Å²) in [6.07, 6.45) is 6.24. The van der Waals surface area contributed by atoms with E-state index in [0.29, 0.717) is 11.5 Å². The summed E-state index contributed by atoms with van der Waals surface area (Å²) in [5.74, 6) is 2.09. The second kappa shape index (κ2) is 16.4. The standard InChI is InChI=1S/C60H52N4O.Pt/c1-38-32-58(61-41(4)59(38)46-20-25-48(26-21-46)60(5,6)7)64-55-31-24-47(44-12-9-8-10-13-44)33-54(55)53-30-29-52(35-56(53)64)65-51-15-11-14-50(34-51)62-36-57-45-19-18-42-16-17-43(40(3)39(42)2)22-27-49(28-23-45)63(57)37-62;/h8-17,20-21,23-26,28-33,36H,18-19,22,27H2,1-7H3;/q-2;. The van der Waals surface area contributed by atoms with Crippen LogP contribution in [-0.4, -0.2) is 18.5 Å². The number of benzene rings is 6. The zero-order chi connectivity index (χ0) is 45.4. The van der Waals surface area contributed by atoms with Gasteiger partial charge in [-0.2, -0.15) is 0 Å². The topological polar surface area (TPSA) is 36.4 Å². The van der Waals surface area contributed by atoms with Gasteiger partial charge in [-0.15, -0.1) is 0 Å². The quantitative estimate of drug-likeness (QED) is 0.156. The van der Waals surface area contributed by atoms with Gasteiger partial charge in [0, 0.05) is 11.3 Å². The Morgan fingerprint density at radius 2 is 1.30 bits per heavy atom. The molecule has 66 heavy (non-hydrogen) atoms. The van der Waals surface area contributed by atoms with Crippen molar-refractivity contribution in [3.05, 3.63) is 206 Å². The van der Waals surface area contributed by atoms with Crippen molar-refractivity contribution >= 4 is 27.3 Å². The molecule has 4 aliphatic rings. The maximum absolute atomic E-state index is 6.73. The number of fused-ring (bicyclic) bond motifs is 3. The Hall–Kier alpha value is -6.55. The third kappa shape index (κ3) is 7.38. The van der Waals surface area contributed by atoms with Crippen molar-refractivity contribution in [2.24, 2.45) is 0 Å². The summed E-state index contributed by atoms with van der Waals surface area (Å²) in [5.41, 5.74) is 20.8. The van der Waals surface area contributed by atoms with E-state index in [9.17, 15) is 0 Å². The Labute approximate surface area is 398 Å². The number of ether oxygens (including phenoxy) is 1. The van der Waals surface area contributed by atoms with Gasteiger partial charge in [-0.25, -0.2) is 0 Å². The fourth-order valence-corrected chi connectivity index (χ4v) is 11.2. The van der Waals surface area contributed by atoms with Crippen molar-refractivity contribution in [2.75, 3.05) is 0 Å². The van der Waals surface area contributed by atoms with E-state index in [1.807, 2.05) is 12.1 Å². The average molecular weight is 1040 g/mol. The first-order valence-electron chi connectivity index (χ1n) is 23.0. The normalized spacial score (nSPS) is 12.9. The van der Waals surface area contributed by atoms with Gasteiger partial charge in [0.2, 0.25) is 0 Å². The molecule has 10 aromatic rings. The van der Waals surface area contributed by atoms with Gasteiger partial charge in [-0.1, -0.05) is 81.4 Å². The SMILES string of the molecule is Cc1cc(-n2c3[c-]c(Oc4[c-]c(-n5cc6c7ccc(n6[c]5=[Pt])CCc5ccc(c(C)c5C)CC7)ccc4)ccc3c3cc(-c4ccccc4)ccc32)nc(C)c1-c1ccc(C(C)(C)C)cc1. The monoisotopic (exact) mass is 1040 g/mol. The Morgan fingerprint density at radius 1 is 0.606 bits per heavy atom. The molecule has 4 aromatic heterocycles. The Bertz CT molecular complexity index is 3580. The molecule has 0 atom stereocenters. The fourth-order valence-electron chi connectivity index (χ4n) is 10.1. The van der Waals surface area contributed by atoms with Crippen LogP contribution in [0.2, 0.25) is 0 Å². The van der Waals surface area contributed by atoms with Crippen molar-refractivity contribution in [3.8, 4) is 45.3 Å². The van der Waals surface area contributed by atoms with E-state index in [-0.39, 0.29) is 5.41 Å². The summed E-state index contributed by atoms with van der Waals surface area (Å²) >= 11 is 2.49. The van der Waals surface area contributed by atoms with Crippen molar-refractivity contribution in [1.82, 2.24) is 18.5 Å². The van der Waals surface area contributed by atoms with Gasteiger partial charge < -0.3 is 0 Å². The molecule has 0 saturated heterocycles. The smallest absolute Gasteiger partial charge is 0.0579 e. The molecule has 0 unspecified atom stereocenters. The van der Waals surface area contributed by atoms with Gasteiger partial charge in [-0.3, -0.25) is 0 Å². The number of rotatable bonds is 6. The Balaban J connectivity index is 0.986. The number of aryl methyl sites for hydroxylation is 6. The first kappa shape index (κ1) is 42.1. The molecule has 2 aliphatic heterocycles. The predicted molar refractivity (Wildman–Crippen MR) is 266 cm³/mol. The molecular weight excluding hydrogens is 988 g/mol. The van der Waals surface area contributed by atoms with Crippen LogP contribution in [0.3, 0.4) is 0 Å². The van der Waals surface area contributed by atoms with E-state index in [0.717, 1.165) is 74.1 Å². The minimum absolute atomic E-state index is 0.0865. The first-order chi connectivity index (χ1) is 31.9. The average Bonchev–Trinajstić information content (AvgIpc) is 3.83. The van der Waals surface area contributed by atoms with Crippen LogP contribution in [0.1, 0.15) is 71.1 Å². The van der Waals surface area contributed by atoms with Crippen LogP contribution in [0, 0.1) is 43.6 Å². The van der Waals surface area contributed by atoms with Gasteiger partial charge in [0.05, 0.1) is 0 Å². The zero-order valence-electron chi connectivity index (χ0n) is 38.6. The second-order valence-corrected chi connectivity index (χ2v) is 20.1. The molecule has 0 amide bonds. The predicted octanol–water partition coefficient (Wildman–Crippen LogP) is 14.4. The molecule has 5 nitrogen and oxygen atoms in total. The van der Waals surface area contributed by atoms with Gasteiger partial charge in [0.25, 0.3) is 0 Å². The molecular formula is C60H52N4OPt-2. The van der Waals surface area contributed by atoms with Crippen LogP contribution in [0.25, 0.3) is 61.1 Å². The molecule has 0 saturated carbocycles. The molecule has 2 aliphatic carbocycles. The van der Waals surface area contributed by atoms with Crippen molar-refractivity contribution in [2.45, 2.75) is 79.6 Å². The first-order valence-corrected chi connectivity index (χ1v) is 24.2. The number of nitrogens with zero attached hydrogens (tertiary/aromatic N) is 4. The van der Waals surface area contributed by atoms with Crippen molar-refractivity contribution < 1.29 is 24.1 Å². The molecule has 6 heterocycles. The van der Waals surface area contributed by atoms with Crippen LogP contribution >= 0.6 is 0 Å². The van der Waals surface area contributed by atoms with Crippen LogP contribution < -0.4 is 4.74 Å². The summed E-state index contributed by atoms with van der Waals surface area (Å²) in [4.78, 5) is 5.34. The van der Waals surface area contributed by atoms with Gasteiger partial charge in [0.15, 0.2) is 0 Å². The van der Waals surface area contributed by atoms with Crippen molar-refractivity contribution in [1.29, 1.82) is 0 Å². The summed E-state index contributed by atoms with van der Waals surface area (Å²) < 4.78 is 14.8. The molecule has 6 heteroatoms. The minimum atomic E-state index is 0.0865. The van der Waals surface area contributed by atoms with E-state index in [1.54, 1.807) is 0 Å². The van der Waals surface area contributed by atoms with E-state index in [2.05, 4.69) is 221 Å². The Kier molecular flexibility index (Phi) is 10.5. The van der Waals surface area contributed by atoms with E-state index >= 15 is 0 Å². The summed E-state index contributed by atoms with van der Waals surface area (Å²) in [6, 6.07) is 55.6. The van der Waals surface area contributed by atoms with Crippen LogP contribution in [0.15, 0.2) is 140 Å². The van der Waals surface area contributed by atoms with Gasteiger partial charge in [-0.05, 0) is 47.1 Å². The fraction of sp³-hybridized carbons (Fsp3) is 0.200. The second-order valence-electron chi connectivity index (χ2n) is 19.1. The summed E-state index contributed by atoms with van der Waals surface area (Å²) in [6.45, 7) is 15.7. The molecule has 0 fully saturated rings. The number of hydrogen-bond donors (Lipinski definition) is 0. The van der Waals surface area contributed by atoms with Crippen LogP contribution in [0.4, 0.5) is 0 Å². The maximum atomic E-state index is 6.73. The Morgan fingerprint density at radius 3 is 2.05 bits per heavy atom. The summed E-state index contributed by atoms with van der Waals surface area (Å²) in [7, 11) is 0. The summed E-state index contributed by atoms with van der Waals surface area (Å²) in [5, 5.41) is 2.22. The number of hydrogen-bond acceptors (Lipinski definition) is 2. The molecule has 6 aromatic carbocycles. The molecule has 14 rings (SSSR count). The third-order valence-electron chi connectivity index (χ3n) is 13.9. The number of aromatic nitrogens is 4. The molecule has 0 N–H and O–H groups in total. The molecule has 0 radical (unpaired) electrons. The van der Waals surface area contributed by atoms with E-state index in [1.165, 1.54) is 66.8 Å². The molecule has 4 bridgehead atoms. The van der Waals surface area contributed by atoms with Crippen molar-refractivity contribution in [3.63, 3.8) is 0 Å². The number of imidazole rings is 1. The third-order valence-corrected chi connectivity index (χ3v) is 15.0. The van der Waals surface area contributed by atoms with Crippen LogP contribution in [-0.2, 0) is 50.5 Å². The van der Waals surface area contributed by atoms with Gasteiger partial charge >= 0.3 is 261 Å². The minimum Gasteiger partial charge on any atom is -0.0579 e.